The smallest absolute Gasteiger partial charge is 0.430 e. The predicted octanol–water partition coefficient (Wildman–Crippen LogP) is 6.36. The Bertz CT molecular complexity index is 1960. The highest BCUT2D eigenvalue weighted by Crippen LogP contribution is 2.54. The number of rotatable bonds is 9. The number of halogens is 8. The quantitative estimate of drug-likeness (QED) is 0.199. The van der Waals surface area contributed by atoms with Crippen molar-refractivity contribution in [3.8, 4) is 0 Å². The van der Waals surface area contributed by atoms with E-state index in [0.29, 0.717) is 18.2 Å². The van der Waals surface area contributed by atoms with Crippen molar-refractivity contribution in [3.63, 3.8) is 0 Å². The van der Waals surface area contributed by atoms with Crippen LogP contribution in [-0.4, -0.2) is 79.6 Å². The summed E-state index contributed by atoms with van der Waals surface area (Å²) >= 11 is 0. The van der Waals surface area contributed by atoms with E-state index in [4.69, 9.17) is 0 Å². The summed E-state index contributed by atoms with van der Waals surface area (Å²) in [6, 6.07) is 8.09. The van der Waals surface area contributed by atoms with Gasteiger partial charge in [-0.25, -0.2) is 22.0 Å². The maximum Gasteiger partial charge on any atom is 0.430 e. The van der Waals surface area contributed by atoms with Crippen molar-refractivity contribution >= 4 is 27.6 Å². The van der Waals surface area contributed by atoms with Gasteiger partial charge < -0.3 is 19.6 Å². The molecule has 2 saturated heterocycles. The fraction of sp³-hybridized carbons (Fsp3) is 0.400. The van der Waals surface area contributed by atoms with Crippen LogP contribution in [0.2, 0.25) is 0 Å². The molecule has 5 rings (SSSR count). The Kier molecular flexibility index (Phi) is 10.7. The summed E-state index contributed by atoms with van der Waals surface area (Å²) in [6.45, 7) is -0.571. The van der Waals surface area contributed by atoms with Gasteiger partial charge in [-0.3, -0.25) is 9.59 Å². The van der Waals surface area contributed by atoms with Gasteiger partial charge in [-0.2, -0.15) is 26.3 Å². The van der Waals surface area contributed by atoms with Crippen molar-refractivity contribution in [1.29, 1.82) is 0 Å². The molecule has 53 heavy (non-hydrogen) atoms. The molecule has 1 unspecified atom stereocenters. The number of hydrogen-bond acceptors (Lipinski definition) is 6. The molecular formula is C35H32F8N2O7S. The SMILES string of the molecule is CC(=O)N1CCC(C(=O)N2CCC(c3ccc(C(OCc4c(F)cccc4C(=O)O)(C(F)(F)F)C(F)(F)F)cc3)(S(=O)(=O)c3ccc(F)cc3)C2)CC1. The van der Waals surface area contributed by atoms with Gasteiger partial charge in [0, 0.05) is 50.1 Å². The van der Waals surface area contributed by atoms with Crippen LogP contribution in [0, 0.1) is 17.6 Å². The lowest BCUT2D eigenvalue weighted by atomic mass is 9.88. The first-order valence-corrected chi connectivity index (χ1v) is 17.6. The molecule has 0 aliphatic carbocycles. The van der Waals surface area contributed by atoms with Gasteiger partial charge in [-0.05, 0) is 61.2 Å². The Hall–Kier alpha value is -4.58. The van der Waals surface area contributed by atoms with Gasteiger partial charge in [0.15, 0.2) is 9.84 Å². The summed E-state index contributed by atoms with van der Waals surface area (Å²) in [5.74, 6) is -5.29. The zero-order valence-electron chi connectivity index (χ0n) is 27.8. The number of sulfone groups is 1. The van der Waals surface area contributed by atoms with E-state index in [0.717, 1.165) is 48.5 Å². The summed E-state index contributed by atoms with van der Waals surface area (Å²) in [4.78, 5) is 39.3. The monoisotopic (exact) mass is 776 g/mol. The topological polar surface area (TPSA) is 121 Å². The maximum absolute atomic E-state index is 14.7. The van der Waals surface area contributed by atoms with Crippen LogP contribution in [0.15, 0.2) is 71.6 Å². The van der Waals surface area contributed by atoms with Crippen molar-refractivity contribution < 1.29 is 67.8 Å². The summed E-state index contributed by atoms with van der Waals surface area (Å²) < 4.78 is 147. The van der Waals surface area contributed by atoms with Gasteiger partial charge in [0.1, 0.15) is 16.4 Å². The van der Waals surface area contributed by atoms with Crippen molar-refractivity contribution in [2.24, 2.45) is 5.92 Å². The van der Waals surface area contributed by atoms with Crippen LogP contribution < -0.4 is 0 Å². The number of hydrogen-bond donors (Lipinski definition) is 1. The molecule has 2 fully saturated rings. The number of aromatic carboxylic acids is 1. The molecule has 3 aromatic rings. The van der Waals surface area contributed by atoms with Crippen LogP contribution >= 0.6 is 0 Å². The van der Waals surface area contributed by atoms with Crippen LogP contribution in [0.5, 0.6) is 0 Å². The first-order chi connectivity index (χ1) is 24.7. The largest absolute Gasteiger partial charge is 0.478 e. The predicted molar refractivity (Wildman–Crippen MR) is 170 cm³/mol. The van der Waals surface area contributed by atoms with E-state index in [9.17, 15) is 63.0 Å². The Labute approximate surface area is 298 Å². The third kappa shape index (κ3) is 7.10. The number of carboxylic acids is 1. The second-order valence-electron chi connectivity index (χ2n) is 12.9. The summed E-state index contributed by atoms with van der Waals surface area (Å²) in [6.07, 6.45) is -12.3. The first kappa shape index (κ1) is 39.6. The van der Waals surface area contributed by atoms with Gasteiger partial charge in [-0.1, -0.05) is 30.3 Å². The number of carboxylic acid groups (broad SMARTS) is 1. The molecule has 1 N–H and O–H groups in total. The molecule has 2 amide bonds. The highest BCUT2D eigenvalue weighted by molar-refractivity contribution is 7.92. The molecule has 3 aromatic carbocycles. The minimum absolute atomic E-state index is 0.166. The Balaban J connectivity index is 1.57. The number of alkyl halides is 6. The number of benzene rings is 3. The summed E-state index contributed by atoms with van der Waals surface area (Å²) in [5.41, 5.74) is -9.02. The molecule has 0 saturated carbocycles. The lowest BCUT2D eigenvalue weighted by Gasteiger charge is -2.38. The highest BCUT2D eigenvalue weighted by Gasteiger charge is 2.73. The molecule has 9 nitrogen and oxygen atoms in total. The van der Waals surface area contributed by atoms with Crippen LogP contribution in [0.1, 0.15) is 53.2 Å². The highest BCUT2D eigenvalue weighted by atomic mass is 32.2. The van der Waals surface area contributed by atoms with E-state index in [1.54, 1.807) is 4.90 Å². The fourth-order valence-corrected chi connectivity index (χ4v) is 9.03. The average molecular weight is 777 g/mol. The van der Waals surface area contributed by atoms with Crippen molar-refractivity contribution in [3.05, 3.63) is 101 Å². The number of nitrogens with zero attached hydrogens (tertiary/aromatic N) is 2. The van der Waals surface area contributed by atoms with E-state index in [1.165, 1.54) is 11.8 Å². The van der Waals surface area contributed by atoms with E-state index in [-0.39, 0.29) is 50.4 Å². The average Bonchev–Trinajstić information content (AvgIpc) is 3.55. The molecule has 0 aromatic heterocycles. The van der Waals surface area contributed by atoms with Crippen molar-refractivity contribution in [2.45, 2.75) is 60.4 Å². The third-order valence-corrected chi connectivity index (χ3v) is 12.4. The number of carbonyl (C=O) groups excluding carboxylic acids is 2. The summed E-state index contributed by atoms with van der Waals surface area (Å²) in [7, 11) is -4.64. The lowest BCUT2D eigenvalue weighted by molar-refractivity contribution is -0.392. The first-order valence-electron chi connectivity index (χ1n) is 16.1. The van der Waals surface area contributed by atoms with Gasteiger partial charge in [0.05, 0.1) is 17.1 Å². The summed E-state index contributed by atoms with van der Waals surface area (Å²) in [5, 5.41) is 9.36. The molecule has 286 valence electrons. The van der Waals surface area contributed by atoms with Crippen molar-refractivity contribution in [1.82, 2.24) is 9.80 Å². The van der Waals surface area contributed by atoms with Crippen molar-refractivity contribution in [2.75, 3.05) is 26.2 Å². The van der Waals surface area contributed by atoms with E-state index >= 15 is 0 Å². The van der Waals surface area contributed by atoms with Crippen LogP contribution in [0.3, 0.4) is 0 Å². The Morgan fingerprint density at radius 3 is 1.96 bits per heavy atom. The molecule has 0 radical (unpaired) electrons. The van der Waals surface area contributed by atoms with Crippen LogP contribution in [0.4, 0.5) is 35.1 Å². The van der Waals surface area contributed by atoms with Gasteiger partial charge in [-0.15, -0.1) is 0 Å². The minimum Gasteiger partial charge on any atom is -0.478 e. The molecule has 2 aliphatic heterocycles. The van der Waals surface area contributed by atoms with Gasteiger partial charge in [0.25, 0.3) is 5.60 Å². The van der Waals surface area contributed by atoms with Gasteiger partial charge in [0.2, 0.25) is 11.8 Å². The minimum atomic E-state index is -6.27. The zero-order chi connectivity index (χ0) is 39.1. The number of piperidine rings is 1. The Morgan fingerprint density at radius 1 is 0.849 bits per heavy atom. The lowest BCUT2D eigenvalue weighted by Crippen LogP contribution is -2.56. The molecule has 2 aliphatic rings. The number of carbonyl (C=O) groups is 3. The molecular weight excluding hydrogens is 744 g/mol. The standard InChI is InChI=1S/C35H32F8N2O7S/c1-21(46)44-16-13-22(14-17-44)30(47)45-18-15-32(20-45,53(50,51)26-11-9-25(36)10-12-26)23-5-7-24(8-6-23)33(34(38,39)40,35(41,42)43)52-19-28-27(31(48)49)3-2-4-29(28)37/h2-12,22H,13-20H2,1H3,(H,48,49). The molecule has 18 heteroatoms. The second-order valence-corrected chi connectivity index (χ2v) is 15.1. The number of ether oxygens (including phenoxy) is 1. The molecule has 0 spiro atoms. The second kappa shape index (κ2) is 14.3. The molecule has 2 heterocycles. The number of amides is 2. The van der Waals surface area contributed by atoms with Crippen LogP contribution in [0.25, 0.3) is 0 Å². The normalized spacial score (nSPS) is 19.0. The number of likely N-dealkylation sites (tertiary alicyclic amines) is 2. The van der Waals surface area contributed by atoms with Crippen LogP contribution in [-0.2, 0) is 41.1 Å². The Morgan fingerprint density at radius 2 is 1.43 bits per heavy atom. The molecule has 1 atom stereocenters. The maximum atomic E-state index is 14.7. The third-order valence-electron chi connectivity index (χ3n) is 9.87. The van der Waals surface area contributed by atoms with E-state index < -0.39 is 96.7 Å². The molecule has 0 bridgehead atoms. The zero-order valence-corrected chi connectivity index (χ0v) is 28.6. The fourth-order valence-electron chi connectivity index (χ4n) is 6.95. The van der Waals surface area contributed by atoms with E-state index in [1.807, 2.05) is 0 Å². The van der Waals surface area contributed by atoms with E-state index in [2.05, 4.69) is 4.74 Å². The van der Waals surface area contributed by atoms with Gasteiger partial charge >= 0.3 is 18.3 Å².